The van der Waals surface area contributed by atoms with E-state index in [2.05, 4.69) is 5.43 Å². The van der Waals surface area contributed by atoms with Gasteiger partial charge in [-0.15, -0.1) is 0 Å². The smallest absolute Gasteiger partial charge is 0.283 e. The van der Waals surface area contributed by atoms with E-state index in [0.29, 0.717) is 10.6 Å². The number of benzene rings is 3. The number of amides is 4. The minimum absolute atomic E-state index is 0.0404. The van der Waals surface area contributed by atoms with E-state index in [9.17, 15) is 29.4 Å². The Kier molecular flexibility index (Phi) is 8.35. The zero-order valence-electron chi connectivity index (χ0n) is 23.3. The SMILES string of the molecule is CC(C)(C)c1ccc(O)c(C(=O)NN(C(=O)c2ccc(C(=O)NN)cc2)C(=O)c2cc(C(C)(C)C)ccc2O)c1. The summed E-state index contributed by atoms with van der Waals surface area (Å²) in [6, 6.07) is 14.2. The molecule has 3 aromatic carbocycles. The van der Waals surface area contributed by atoms with Crippen LogP contribution in [0.2, 0.25) is 0 Å². The summed E-state index contributed by atoms with van der Waals surface area (Å²) in [5.74, 6) is 0.974. The van der Waals surface area contributed by atoms with Crippen LogP contribution in [-0.2, 0) is 10.8 Å². The first-order valence-corrected chi connectivity index (χ1v) is 12.5. The Morgan fingerprint density at radius 1 is 0.650 bits per heavy atom. The summed E-state index contributed by atoms with van der Waals surface area (Å²) in [5.41, 5.74) is 4.75. The van der Waals surface area contributed by atoms with Crippen LogP contribution in [0.1, 0.15) is 94.1 Å². The van der Waals surface area contributed by atoms with E-state index in [1.165, 1.54) is 48.5 Å². The van der Waals surface area contributed by atoms with Crippen molar-refractivity contribution in [3.8, 4) is 11.5 Å². The molecule has 0 saturated heterocycles. The summed E-state index contributed by atoms with van der Waals surface area (Å²) < 4.78 is 0. The van der Waals surface area contributed by atoms with Crippen LogP contribution >= 0.6 is 0 Å². The first-order chi connectivity index (χ1) is 18.5. The zero-order chi connectivity index (χ0) is 30.0. The first kappa shape index (κ1) is 29.9. The van der Waals surface area contributed by atoms with Gasteiger partial charge in [-0.2, -0.15) is 5.01 Å². The van der Waals surface area contributed by atoms with Crippen molar-refractivity contribution in [2.45, 2.75) is 52.4 Å². The number of phenolic OH excluding ortho intramolecular Hbond substituents is 2. The molecule has 0 aliphatic rings. The highest BCUT2D eigenvalue weighted by Gasteiger charge is 2.31. The average Bonchev–Trinajstić information content (AvgIpc) is 2.89. The molecule has 40 heavy (non-hydrogen) atoms. The summed E-state index contributed by atoms with van der Waals surface area (Å²) in [4.78, 5) is 52.5. The Balaban J connectivity index is 2.09. The predicted octanol–water partition coefficient (Wildman–Crippen LogP) is 3.92. The molecular formula is C30H34N4O6. The molecule has 0 unspecified atom stereocenters. The van der Waals surface area contributed by atoms with Crippen molar-refractivity contribution in [3.63, 3.8) is 0 Å². The molecule has 10 heteroatoms. The summed E-state index contributed by atoms with van der Waals surface area (Å²) in [7, 11) is 0. The number of carbonyl (C=O) groups excluding carboxylic acids is 4. The second-order valence-electron chi connectivity index (χ2n) is 11.4. The van der Waals surface area contributed by atoms with E-state index in [1.54, 1.807) is 12.1 Å². The number of phenols is 2. The van der Waals surface area contributed by atoms with E-state index < -0.39 is 29.4 Å². The molecule has 0 heterocycles. The number of nitrogens with one attached hydrogen (secondary N) is 2. The van der Waals surface area contributed by atoms with E-state index in [1.807, 2.05) is 47.0 Å². The van der Waals surface area contributed by atoms with Gasteiger partial charge in [0, 0.05) is 11.1 Å². The lowest BCUT2D eigenvalue weighted by Gasteiger charge is -2.25. The molecule has 0 atom stereocenters. The second kappa shape index (κ2) is 11.2. The maximum atomic E-state index is 13.7. The van der Waals surface area contributed by atoms with Gasteiger partial charge in [-0.1, -0.05) is 53.7 Å². The summed E-state index contributed by atoms with van der Waals surface area (Å²) >= 11 is 0. The van der Waals surface area contributed by atoms with Crippen LogP contribution in [-0.4, -0.2) is 38.9 Å². The van der Waals surface area contributed by atoms with Gasteiger partial charge >= 0.3 is 0 Å². The summed E-state index contributed by atoms with van der Waals surface area (Å²) in [6.07, 6.45) is 0. The van der Waals surface area contributed by atoms with Crippen LogP contribution in [0.25, 0.3) is 0 Å². The lowest BCUT2D eigenvalue weighted by Crippen LogP contribution is -2.50. The number of carbonyl (C=O) groups is 4. The minimum Gasteiger partial charge on any atom is -0.507 e. The highest BCUT2D eigenvalue weighted by atomic mass is 16.3. The first-order valence-electron chi connectivity index (χ1n) is 12.5. The highest BCUT2D eigenvalue weighted by molar-refractivity contribution is 6.13. The molecule has 0 aromatic heterocycles. The molecule has 210 valence electrons. The average molecular weight is 547 g/mol. The largest absolute Gasteiger partial charge is 0.507 e. The molecule has 0 aliphatic heterocycles. The lowest BCUT2D eigenvalue weighted by molar-refractivity contribution is 0.0481. The van der Waals surface area contributed by atoms with Crippen molar-refractivity contribution in [3.05, 3.63) is 94.0 Å². The molecule has 3 aromatic rings. The van der Waals surface area contributed by atoms with Crippen LogP contribution in [0.5, 0.6) is 11.5 Å². The van der Waals surface area contributed by atoms with Gasteiger partial charge in [0.25, 0.3) is 23.6 Å². The maximum absolute atomic E-state index is 13.7. The summed E-state index contributed by atoms with van der Waals surface area (Å²) in [5, 5.41) is 21.5. The summed E-state index contributed by atoms with van der Waals surface area (Å²) in [6.45, 7) is 11.5. The van der Waals surface area contributed by atoms with Crippen molar-refractivity contribution >= 4 is 23.6 Å². The van der Waals surface area contributed by atoms with E-state index >= 15 is 0 Å². The van der Waals surface area contributed by atoms with Gasteiger partial charge in [0.05, 0.1) is 11.1 Å². The van der Waals surface area contributed by atoms with Crippen molar-refractivity contribution in [1.82, 2.24) is 15.9 Å². The lowest BCUT2D eigenvalue weighted by atomic mass is 9.86. The number of imide groups is 1. The monoisotopic (exact) mass is 546 g/mol. The van der Waals surface area contributed by atoms with Gasteiger partial charge < -0.3 is 10.2 Å². The third kappa shape index (κ3) is 6.47. The Morgan fingerprint density at radius 2 is 1.10 bits per heavy atom. The number of hydrogen-bond acceptors (Lipinski definition) is 7. The van der Waals surface area contributed by atoms with Crippen LogP contribution in [0, 0.1) is 0 Å². The van der Waals surface area contributed by atoms with Crippen LogP contribution in [0.3, 0.4) is 0 Å². The van der Waals surface area contributed by atoms with E-state index in [-0.39, 0.29) is 38.8 Å². The van der Waals surface area contributed by atoms with Crippen molar-refractivity contribution in [1.29, 1.82) is 0 Å². The van der Waals surface area contributed by atoms with Crippen molar-refractivity contribution < 1.29 is 29.4 Å². The molecule has 0 bridgehead atoms. The molecule has 0 fully saturated rings. The minimum atomic E-state index is -1.00. The predicted molar refractivity (Wildman–Crippen MR) is 150 cm³/mol. The molecule has 0 saturated carbocycles. The number of nitrogen functional groups attached to an aromatic ring is 1. The molecule has 10 nitrogen and oxygen atoms in total. The van der Waals surface area contributed by atoms with Crippen LogP contribution in [0.4, 0.5) is 0 Å². The zero-order valence-corrected chi connectivity index (χ0v) is 23.3. The normalized spacial score (nSPS) is 11.5. The molecule has 3 rings (SSSR count). The molecular weight excluding hydrogens is 512 g/mol. The number of nitrogens with two attached hydrogens (primary N) is 1. The van der Waals surface area contributed by atoms with Gasteiger partial charge in [-0.3, -0.25) is 30.0 Å². The van der Waals surface area contributed by atoms with Gasteiger partial charge in [-0.05, 0) is 70.5 Å². The Labute approximate surface area is 232 Å². The van der Waals surface area contributed by atoms with Crippen LogP contribution < -0.4 is 16.7 Å². The molecule has 0 spiro atoms. The topological polar surface area (TPSA) is 162 Å². The van der Waals surface area contributed by atoms with Crippen molar-refractivity contribution in [2.75, 3.05) is 0 Å². The number of nitrogens with zero attached hydrogens (tertiary/aromatic N) is 1. The van der Waals surface area contributed by atoms with Gasteiger partial charge in [-0.25, -0.2) is 5.84 Å². The standard InChI is InChI=1S/C30H34N4O6/c1-29(2,3)19-11-13-23(35)21(15-19)26(38)33-34(27(39)18-9-7-17(8-10-18)25(37)32-31)28(40)22-16-20(30(4,5)6)12-14-24(22)36/h7-16,35-36H,31H2,1-6H3,(H,32,37)(H,33,38). The highest BCUT2D eigenvalue weighted by Crippen LogP contribution is 2.30. The van der Waals surface area contributed by atoms with E-state index in [4.69, 9.17) is 5.84 Å². The van der Waals surface area contributed by atoms with Crippen LogP contribution in [0.15, 0.2) is 60.7 Å². The fourth-order valence-electron chi connectivity index (χ4n) is 3.81. The number of hydrogen-bond donors (Lipinski definition) is 5. The Morgan fingerprint density at radius 3 is 1.57 bits per heavy atom. The number of aromatic hydroxyl groups is 2. The fourth-order valence-corrected chi connectivity index (χ4v) is 3.81. The van der Waals surface area contributed by atoms with Gasteiger partial charge in [0.2, 0.25) is 0 Å². The third-order valence-electron chi connectivity index (χ3n) is 6.34. The maximum Gasteiger partial charge on any atom is 0.283 e. The second-order valence-corrected chi connectivity index (χ2v) is 11.4. The Hall–Kier alpha value is -4.70. The number of rotatable bonds is 4. The van der Waals surface area contributed by atoms with Gasteiger partial charge in [0.1, 0.15) is 11.5 Å². The molecule has 6 N–H and O–H groups in total. The van der Waals surface area contributed by atoms with Gasteiger partial charge in [0.15, 0.2) is 0 Å². The third-order valence-corrected chi connectivity index (χ3v) is 6.34. The number of hydrazine groups is 2. The van der Waals surface area contributed by atoms with Crippen molar-refractivity contribution in [2.24, 2.45) is 5.84 Å². The fraction of sp³-hybridized carbons (Fsp3) is 0.267. The molecule has 0 radical (unpaired) electrons. The Bertz CT molecular complexity index is 1470. The quantitative estimate of drug-likeness (QED) is 0.143. The molecule has 0 aliphatic carbocycles. The molecule has 4 amide bonds. The van der Waals surface area contributed by atoms with E-state index in [0.717, 1.165) is 5.56 Å².